The van der Waals surface area contributed by atoms with E-state index in [4.69, 9.17) is 0 Å². The van der Waals surface area contributed by atoms with Crippen molar-refractivity contribution < 1.29 is 14.0 Å². The summed E-state index contributed by atoms with van der Waals surface area (Å²) in [6.07, 6.45) is 3.96. The number of aryl methyl sites for hydroxylation is 1. The van der Waals surface area contributed by atoms with Crippen molar-refractivity contribution >= 4 is 28.3 Å². The summed E-state index contributed by atoms with van der Waals surface area (Å²) in [7, 11) is 0. The Balaban J connectivity index is 1.56. The second-order valence-corrected chi connectivity index (χ2v) is 6.59. The highest BCUT2D eigenvalue weighted by molar-refractivity contribution is 7.13. The lowest BCUT2D eigenvalue weighted by Gasteiger charge is -2.23. The van der Waals surface area contributed by atoms with Crippen LogP contribution in [0.4, 0.5) is 9.52 Å². The van der Waals surface area contributed by atoms with Crippen LogP contribution >= 0.6 is 11.3 Å². The first kappa shape index (κ1) is 16.6. The molecule has 1 saturated heterocycles. The van der Waals surface area contributed by atoms with Gasteiger partial charge < -0.3 is 10.2 Å². The molecule has 0 radical (unpaired) electrons. The zero-order chi connectivity index (χ0) is 16.9. The van der Waals surface area contributed by atoms with Crippen molar-refractivity contribution in [2.24, 2.45) is 0 Å². The molecule has 1 aliphatic rings. The summed E-state index contributed by atoms with van der Waals surface area (Å²) in [6.45, 7) is 0.595. The molecule has 0 bridgehead atoms. The van der Waals surface area contributed by atoms with E-state index in [1.807, 2.05) is 0 Å². The molecule has 24 heavy (non-hydrogen) atoms. The van der Waals surface area contributed by atoms with E-state index < -0.39 is 6.04 Å². The quantitative estimate of drug-likeness (QED) is 0.905. The SMILES string of the molecule is O=C(Nc1nccs1)C1CCCN1C(=O)CCc1ccc(F)cc1. The molecule has 1 aromatic carbocycles. The fourth-order valence-electron chi connectivity index (χ4n) is 2.86. The highest BCUT2D eigenvalue weighted by Gasteiger charge is 2.33. The van der Waals surface area contributed by atoms with E-state index >= 15 is 0 Å². The summed E-state index contributed by atoms with van der Waals surface area (Å²) >= 11 is 1.35. The zero-order valence-corrected chi connectivity index (χ0v) is 13.9. The Morgan fingerprint density at radius 3 is 2.83 bits per heavy atom. The van der Waals surface area contributed by atoms with Crippen LogP contribution in [0, 0.1) is 5.82 Å². The van der Waals surface area contributed by atoms with Crippen molar-refractivity contribution in [1.29, 1.82) is 0 Å². The normalized spacial score (nSPS) is 17.0. The Labute approximate surface area is 143 Å². The first-order valence-corrected chi connectivity index (χ1v) is 8.76. The van der Waals surface area contributed by atoms with Crippen molar-refractivity contribution in [2.45, 2.75) is 31.7 Å². The predicted molar refractivity (Wildman–Crippen MR) is 90.2 cm³/mol. The van der Waals surface area contributed by atoms with Crippen LogP contribution in [0.25, 0.3) is 0 Å². The van der Waals surface area contributed by atoms with Gasteiger partial charge in [-0.2, -0.15) is 0 Å². The summed E-state index contributed by atoms with van der Waals surface area (Å²) in [6, 6.07) is 5.70. The fourth-order valence-corrected chi connectivity index (χ4v) is 3.39. The summed E-state index contributed by atoms with van der Waals surface area (Å²) in [4.78, 5) is 30.5. The third-order valence-electron chi connectivity index (χ3n) is 4.08. The van der Waals surface area contributed by atoms with E-state index in [9.17, 15) is 14.0 Å². The van der Waals surface area contributed by atoms with Crippen LogP contribution in [0.15, 0.2) is 35.8 Å². The number of carbonyl (C=O) groups is 2. The van der Waals surface area contributed by atoms with Gasteiger partial charge in [-0.1, -0.05) is 12.1 Å². The molecule has 1 atom stereocenters. The average Bonchev–Trinajstić information content (AvgIpc) is 3.25. The number of anilines is 1. The van der Waals surface area contributed by atoms with Crippen LogP contribution in [-0.2, 0) is 16.0 Å². The Morgan fingerprint density at radius 1 is 1.33 bits per heavy atom. The number of hydrogen-bond acceptors (Lipinski definition) is 4. The number of aromatic nitrogens is 1. The number of carbonyl (C=O) groups excluding carboxylic acids is 2. The maximum atomic E-state index is 12.9. The van der Waals surface area contributed by atoms with E-state index in [0.29, 0.717) is 30.9 Å². The van der Waals surface area contributed by atoms with Crippen molar-refractivity contribution in [3.8, 4) is 0 Å². The number of rotatable bonds is 5. The number of thiazole rings is 1. The molecule has 126 valence electrons. The maximum Gasteiger partial charge on any atom is 0.248 e. The van der Waals surface area contributed by atoms with Crippen LogP contribution < -0.4 is 5.32 Å². The second-order valence-electron chi connectivity index (χ2n) is 5.70. The molecule has 0 aliphatic carbocycles. The van der Waals surface area contributed by atoms with Gasteiger partial charge in [0.1, 0.15) is 11.9 Å². The lowest BCUT2D eigenvalue weighted by atomic mass is 10.1. The highest BCUT2D eigenvalue weighted by Crippen LogP contribution is 2.21. The average molecular weight is 347 g/mol. The molecule has 1 aliphatic heterocycles. The molecule has 1 N–H and O–H groups in total. The number of likely N-dealkylation sites (tertiary alicyclic amines) is 1. The topological polar surface area (TPSA) is 62.3 Å². The molecule has 1 fully saturated rings. The molecule has 5 nitrogen and oxygen atoms in total. The standard InChI is InChI=1S/C17H18FN3O2S/c18-13-6-3-12(4-7-13)5-8-15(22)21-10-1-2-14(21)16(23)20-17-19-9-11-24-17/h3-4,6-7,9,11,14H,1-2,5,8,10H2,(H,19,20,23). The fraction of sp³-hybridized carbons (Fsp3) is 0.353. The predicted octanol–water partition coefficient (Wildman–Crippen LogP) is 2.84. The number of amides is 2. The monoisotopic (exact) mass is 347 g/mol. The van der Waals surface area contributed by atoms with E-state index in [-0.39, 0.29) is 17.6 Å². The van der Waals surface area contributed by atoms with Crippen molar-refractivity contribution in [2.75, 3.05) is 11.9 Å². The van der Waals surface area contributed by atoms with Gasteiger partial charge in [-0.3, -0.25) is 9.59 Å². The molecule has 2 heterocycles. The van der Waals surface area contributed by atoms with Crippen molar-refractivity contribution in [1.82, 2.24) is 9.88 Å². The number of benzene rings is 1. The van der Waals surface area contributed by atoms with Gasteiger partial charge in [0, 0.05) is 24.5 Å². The third kappa shape index (κ3) is 3.97. The summed E-state index contributed by atoms with van der Waals surface area (Å²) in [5.41, 5.74) is 0.910. The lowest BCUT2D eigenvalue weighted by molar-refractivity contribution is -0.136. The Bertz CT molecular complexity index is 703. The van der Waals surface area contributed by atoms with Gasteiger partial charge in [0.2, 0.25) is 11.8 Å². The maximum absolute atomic E-state index is 12.9. The van der Waals surface area contributed by atoms with Gasteiger partial charge in [0.15, 0.2) is 5.13 Å². The van der Waals surface area contributed by atoms with Crippen LogP contribution in [0.1, 0.15) is 24.8 Å². The van der Waals surface area contributed by atoms with Crippen molar-refractivity contribution in [3.63, 3.8) is 0 Å². The molecule has 3 rings (SSSR count). The van der Waals surface area contributed by atoms with Gasteiger partial charge in [-0.05, 0) is 37.0 Å². The van der Waals surface area contributed by atoms with Gasteiger partial charge >= 0.3 is 0 Å². The molecule has 1 unspecified atom stereocenters. The molecule has 2 amide bonds. The summed E-state index contributed by atoms with van der Waals surface area (Å²) in [5, 5.41) is 5.10. The molecule has 1 aromatic heterocycles. The third-order valence-corrected chi connectivity index (χ3v) is 4.77. The summed E-state index contributed by atoms with van der Waals surface area (Å²) in [5.74, 6) is -0.516. The number of hydrogen-bond donors (Lipinski definition) is 1. The van der Waals surface area contributed by atoms with Gasteiger partial charge in [0.05, 0.1) is 0 Å². The van der Waals surface area contributed by atoms with E-state index in [1.165, 1.54) is 23.5 Å². The molecule has 7 heteroatoms. The van der Waals surface area contributed by atoms with Gasteiger partial charge in [-0.25, -0.2) is 9.37 Å². The first-order valence-electron chi connectivity index (χ1n) is 7.88. The van der Waals surface area contributed by atoms with E-state index in [2.05, 4.69) is 10.3 Å². The highest BCUT2D eigenvalue weighted by atomic mass is 32.1. The molecule has 0 spiro atoms. The second kappa shape index (κ2) is 7.53. The molecule has 0 saturated carbocycles. The Hall–Kier alpha value is -2.28. The lowest BCUT2D eigenvalue weighted by Crippen LogP contribution is -2.43. The van der Waals surface area contributed by atoms with E-state index in [0.717, 1.165) is 12.0 Å². The van der Waals surface area contributed by atoms with Crippen LogP contribution in [-0.4, -0.2) is 34.3 Å². The minimum absolute atomic E-state index is 0.0453. The minimum Gasteiger partial charge on any atom is -0.331 e. The minimum atomic E-state index is -0.436. The van der Waals surface area contributed by atoms with Crippen molar-refractivity contribution in [3.05, 3.63) is 47.2 Å². The van der Waals surface area contributed by atoms with Crippen LogP contribution in [0.2, 0.25) is 0 Å². The zero-order valence-electron chi connectivity index (χ0n) is 13.1. The van der Waals surface area contributed by atoms with E-state index in [1.54, 1.807) is 28.6 Å². The number of nitrogens with zero attached hydrogens (tertiary/aromatic N) is 2. The first-order chi connectivity index (χ1) is 11.6. The largest absolute Gasteiger partial charge is 0.331 e. The number of halogens is 1. The van der Waals surface area contributed by atoms with Crippen LogP contribution in [0.5, 0.6) is 0 Å². The smallest absolute Gasteiger partial charge is 0.248 e. The molecule has 2 aromatic rings. The van der Waals surface area contributed by atoms with Crippen LogP contribution in [0.3, 0.4) is 0 Å². The number of nitrogens with one attached hydrogen (secondary N) is 1. The Morgan fingerprint density at radius 2 is 2.12 bits per heavy atom. The molecular formula is C17H18FN3O2S. The Kier molecular flexibility index (Phi) is 5.20. The van der Waals surface area contributed by atoms with Gasteiger partial charge in [-0.15, -0.1) is 11.3 Å². The molecular weight excluding hydrogens is 329 g/mol. The van der Waals surface area contributed by atoms with Gasteiger partial charge in [0.25, 0.3) is 0 Å². The summed E-state index contributed by atoms with van der Waals surface area (Å²) < 4.78 is 12.9.